The van der Waals surface area contributed by atoms with E-state index in [9.17, 15) is 24.9 Å². The van der Waals surface area contributed by atoms with Crippen molar-refractivity contribution in [3.63, 3.8) is 0 Å². The maximum absolute atomic E-state index is 12.5. The minimum absolute atomic E-state index is 0.155. The van der Waals surface area contributed by atoms with Crippen molar-refractivity contribution >= 4 is 11.6 Å². The van der Waals surface area contributed by atoms with Gasteiger partial charge in [0.25, 0.3) is 0 Å². The van der Waals surface area contributed by atoms with Gasteiger partial charge in [-0.2, -0.15) is 0 Å². The summed E-state index contributed by atoms with van der Waals surface area (Å²) in [4.78, 5) is 24.6. The number of Topliss-reactive ketones (excluding diaryl/α,β-unsaturated/α-hetero) is 1. The van der Waals surface area contributed by atoms with Gasteiger partial charge in [0.2, 0.25) is 0 Å². The number of rotatable bonds is 1. The van der Waals surface area contributed by atoms with Crippen LogP contribution in [0.2, 0.25) is 0 Å². The Morgan fingerprint density at radius 2 is 1.67 bits per heavy atom. The number of allylic oxidation sites excluding steroid dienone is 2. The Hall–Kier alpha value is -2.66. The van der Waals surface area contributed by atoms with Crippen LogP contribution in [0, 0.1) is 0 Å². The van der Waals surface area contributed by atoms with Crippen molar-refractivity contribution in [1.82, 2.24) is 0 Å². The van der Waals surface area contributed by atoms with Crippen LogP contribution in [0.3, 0.4) is 0 Å². The number of hydrogen-bond acceptors (Lipinski definition) is 5. The number of carbonyl (C=O) groups excluding carboxylic acids is 2. The molecule has 0 radical (unpaired) electrons. The highest BCUT2D eigenvalue weighted by atomic mass is 16.3. The topological polar surface area (TPSA) is 94.8 Å². The van der Waals surface area contributed by atoms with Crippen LogP contribution in [0.4, 0.5) is 0 Å². The highest BCUT2D eigenvalue weighted by Gasteiger charge is 2.41. The Kier molecular flexibility index (Phi) is 2.81. The molecule has 1 aromatic carbocycles. The maximum atomic E-state index is 12.5. The zero-order valence-electron chi connectivity index (χ0n) is 10.9. The molecule has 5 heteroatoms. The average Bonchev–Trinajstić information content (AvgIpc) is 2.41. The quantitative estimate of drug-likeness (QED) is 0.733. The molecular weight excluding hydrogens is 272 g/mol. The molecule has 0 aromatic heterocycles. The van der Waals surface area contributed by atoms with Gasteiger partial charge in [-0.25, -0.2) is 0 Å². The minimum atomic E-state index is -1.90. The van der Waals surface area contributed by atoms with Crippen LogP contribution in [0.15, 0.2) is 59.6 Å². The van der Waals surface area contributed by atoms with Gasteiger partial charge in [-0.3, -0.25) is 9.59 Å². The van der Waals surface area contributed by atoms with Crippen molar-refractivity contribution < 1.29 is 24.9 Å². The highest BCUT2D eigenvalue weighted by molar-refractivity contribution is 6.25. The van der Waals surface area contributed by atoms with Gasteiger partial charge in [0, 0.05) is 29.2 Å². The van der Waals surface area contributed by atoms with E-state index in [0.29, 0.717) is 0 Å². The first-order chi connectivity index (χ1) is 9.90. The number of benzene rings is 1. The van der Waals surface area contributed by atoms with E-state index >= 15 is 0 Å². The Morgan fingerprint density at radius 1 is 1.00 bits per heavy atom. The average molecular weight is 284 g/mol. The molecule has 1 atom stereocenters. The van der Waals surface area contributed by atoms with E-state index in [2.05, 4.69) is 0 Å². The molecule has 2 aliphatic carbocycles. The van der Waals surface area contributed by atoms with E-state index in [0.717, 1.165) is 18.2 Å². The summed E-state index contributed by atoms with van der Waals surface area (Å²) < 4.78 is 0. The van der Waals surface area contributed by atoms with Gasteiger partial charge < -0.3 is 15.3 Å². The summed E-state index contributed by atoms with van der Waals surface area (Å²) in [6.45, 7) is 0. The SMILES string of the molecule is O=C1C=C(C2(O)C=C(O)C=C(O)C2)C(=O)c2ccccc21. The number of hydrogen-bond donors (Lipinski definition) is 3. The Labute approximate surface area is 120 Å². The van der Waals surface area contributed by atoms with Crippen LogP contribution in [-0.4, -0.2) is 32.5 Å². The fourth-order valence-corrected chi connectivity index (χ4v) is 2.65. The van der Waals surface area contributed by atoms with E-state index in [1.807, 2.05) is 0 Å². The maximum Gasteiger partial charge on any atom is 0.193 e. The van der Waals surface area contributed by atoms with Gasteiger partial charge in [0.05, 0.1) is 5.76 Å². The summed E-state index contributed by atoms with van der Waals surface area (Å²) in [6.07, 6.45) is 2.92. The predicted molar refractivity (Wildman–Crippen MR) is 74.2 cm³/mol. The molecule has 3 rings (SSSR count). The Morgan fingerprint density at radius 3 is 2.33 bits per heavy atom. The second kappa shape index (κ2) is 4.43. The number of ketones is 2. The summed E-state index contributed by atoms with van der Waals surface area (Å²) >= 11 is 0. The summed E-state index contributed by atoms with van der Waals surface area (Å²) in [5.74, 6) is -1.51. The fourth-order valence-electron chi connectivity index (χ4n) is 2.65. The Balaban J connectivity index is 2.11. The van der Waals surface area contributed by atoms with E-state index < -0.39 is 17.2 Å². The van der Waals surface area contributed by atoms with E-state index in [4.69, 9.17) is 0 Å². The monoisotopic (exact) mass is 284 g/mol. The highest BCUT2D eigenvalue weighted by Crippen LogP contribution is 2.35. The smallest absolute Gasteiger partial charge is 0.193 e. The molecule has 0 heterocycles. The lowest BCUT2D eigenvalue weighted by molar-refractivity contribution is 0.0810. The van der Waals surface area contributed by atoms with Gasteiger partial charge in [-0.1, -0.05) is 24.3 Å². The molecule has 106 valence electrons. The van der Waals surface area contributed by atoms with Gasteiger partial charge in [0.1, 0.15) is 11.4 Å². The normalized spacial score (nSPS) is 24.9. The van der Waals surface area contributed by atoms with Crippen molar-refractivity contribution in [3.8, 4) is 0 Å². The third-order valence-electron chi connectivity index (χ3n) is 3.58. The number of aliphatic hydroxyl groups excluding tert-OH is 2. The molecule has 0 bridgehead atoms. The largest absolute Gasteiger partial charge is 0.512 e. The molecule has 5 nitrogen and oxygen atoms in total. The van der Waals surface area contributed by atoms with E-state index in [1.54, 1.807) is 18.2 Å². The second-order valence-electron chi connectivity index (χ2n) is 5.10. The molecule has 0 saturated heterocycles. The molecule has 0 aliphatic heterocycles. The van der Waals surface area contributed by atoms with Crippen molar-refractivity contribution in [2.24, 2.45) is 0 Å². The first-order valence-electron chi connectivity index (χ1n) is 6.35. The predicted octanol–water partition coefficient (Wildman–Crippen LogP) is 2.01. The zero-order chi connectivity index (χ0) is 15.2. The first kappa shape index (κ1) is 13.3. The summed E-state index contributed by atoms with van der Waals surface area (Å²) in [6, 6.07) is 6.33. The van der Waals surface area contributed by atoms with Crippen LogP contribution in [0.25, 0.3) is 0 Å². The lowest BCUT2D eigenvalue weighted by Gasteiger charge is -2.31. The summed E-state index contributed by atoms with van der Waals surface area (Å²) in [5.41, 5.74) is -1.57. The molecule has 0 spiro atoms. The van der Waals surface area contributed by atoms with Gasteiger partial charge in [-0.15, -0.1) is 0 Å². The third-order valence-corrected chi connectivity index (χ3v) is 3.58. The molecular formula is C16H12O5. The van der Waals surface area contributed by atoms with E-state index in [-0.39, 0.29) is 34.6 Å². The van der Waals surface area contributed by atoms with Crippen LogP contribution in [0.5, 0.6) is 0 Å². The van der Waals surface area contributed by atoms with Crippen molar-refractivity contribution in [2.75, 3.05) is 0 Å². The Bertz CT molecular complexity index is 754. The fraction of sp³-hybridized carbons (Fsp3) is 0.125. The van der Waals surface area contributed by atoms with Gasteiger partial charge >= 0.3 is 0 Å². The summed E-state index contributed by atoms with van der Waals surface area (Å²) in [7, 11) is 0. The number of fused-ring (bicyclic) bond motifs is 1. The standard InChI is InChI=1S/C16H12O5/c17-9-5-10(18)8-16(21,7-9)13-6-14(19)11-3-1-2-4-12(11)15(13)20/h1-7,17-18,21H,8H2. The van der Waals surface area contributed by atoms with Crippen LogP contribution >= 0.6 is 0 Å². The van der Waals surface area contributed by atoms with Crippen LogP contribution in [0.1, 0.15) is 27.1 Å². The molecule has 0 fully saturated rings. The molecule has 21 heavy (non-hydrogen) atoms. The van der Waals surface area contributed by atoms with Crippen molar-refractivity contribution in [3.05, 3.63) is 70.7 Å². The van der Waals surface area contributed by atoms with Gasteiger partial charge in [0.15, 0.2) is 11.6 Å². The lowest BCUT2D eigenvalue weighted by Crippen LogP contribution is -2.38. The third kappa shape index (κ3) is 2.08. The summed E-state index contributed by atoms with van der Waals surface area (Å²) in [5, 5.41) is 29.7. The van der Waals surface area contributed by atoms with E-state index in [1.165, 1.54) is 6.07 Å². The molecule has 0 saturated carbocycles. The van der Waals surface area contributed by atoms with Crippen LogP contribution < -0.4 is 0 Å². The lowest BCUT2D eigenvalue weighted by atomic mass is 9.77. The van der Waals surface area contributed by atoms with Crippen molar-refractivity contribution in [2.45, 2.75) is 12.0 Å². The molecule has 1 unspecified atom stereocenters. The molecule has 3 N–H and O–H groups in total. The number of carbonyl (C=O) groups is 2. The second-order valence-corrected chi connectivity index (χ2v) is 5.10. The molecule has 2 aliphatic rings. The zero-order valence-corrected chi connectivity index (χ0v) is 10.9. The van der Waals surface area contributed by atoms with Crippen molar-refractivity contribution in [1.29, 1.82) is 0 Å². The molecule has 0 amide bonds. The molecule has 1 aromatic rings. The minimum Gasteiger partial charge on any atom is -0.512 e. The first-order valence-corrected chi connectivity index (χ1v) is 6.35. The van der Waals surface area contributed by atoms with Gasteiger partial charge in [-0.05, 0) is 12.2 Å². The number of aliphatic hydroxyl groups is 3. The van der Waals surface area contributed by atoms with Crippen LogP contribution in [-0.2, 0) is 0 Å².